The van der Waals surface area contributed by atoms with Gasteiger partial charge >= 0.3 is 0 Å². The Bertz CT molecular complexity index is 406. The van der Waals surface area contributed by atoms with Crippen LogP contribution < -0.4 is 10.6 Å². The standard InChI is InChI=1S/C16H26N2O2/c1-2-15-14(9-12-20-15)16(19)18-11-10-17-13-7-5-3-4-6-8-13/h9,12-13,17H,2-8,10-11H2,1H3,(H,18,19). The van der Waals surface area contributed by atoms with Gasteiger partial charge in [-0.25, -0.2) is 0 Å². The summed E-state index contributed by atoms with van der Waals surface area (Å²) >= 11 is 0. The Kier molecular flexibility index (Phi) is 6.12. The number of hydrogen-bond acceptors (Lipinski definition) is 3. The maximum Gasteiger partial charge on any atom is 0.254 e. The minimum absolute atomic E-state index is 0.0294. The van der Waals surface area contributed by atoms with E-state index in [-0.39, 0.29) is 5.91 Å². The summed E-state index contributed by atoms with van der Waals surface area (Å²) in [6.45, 7) is 3.50. The van der Waals surface area contributed by atoms with Crippen molar-refractivity contribution in [2.24, 2.45) is 0 Å². The molecule has 1 amide bonds. The number of carbonyl (C=O) groups is 1. The fourth-order valence-electron chi connectivity index (χ4n) is 2.85. The van der Waals surface area contributed by atoms with E-state index in [9.17, 15) is 4.79 Å². The number of nitrogens with one attached hydrogen (secondary N) is 2. The second-order valence-corrected chi connectivity index (χ2v) is 5.51. The Labute approximate surface area is 121 Å². The van der Waals surface area contributed by atoms with Crippen molar-refractivity contribution in [3.8, 4) is 0 Å². The average molecular weight is 278 g/mol. The lowest BCUT2D eigenvalue weighted by Gasteiger charge is -2.16. The maximum absolute atomic E-state index is 12.0. The molecule has 1 aliphatic carbocycles. The van der Waals surface area contributed by atoms with Crippen LogP contribution >= 0.6 is 0 Å². The van der Waals surface area contributed by atoms with Crippen molar-refractivity contribution >= 4 is 5.91 Å². The van der Waals surface area contributed by atoms with Crippen molar-refractivity contribution in [1.29, 1.82) is 0 Å². The van der Waals surface area contributed by atoms with Crippen LogP contribution in [0.15, 0.2) is 16.7 Å². The molecule has 20 heavy (non-hydrogen) atoms. The van der Waals surface area contributed by atoms with E-state index in [0.717, 1.165) is 18.7 Å². The summed E-state index contributed by atoms with van der Waals surface area (Å²) in [6, 6.07) is 2.38. The van der Waals surface area contributed by atoms with Crippen molar-refractivity contribution in [3.05, 3.63) is 23.7 Å². The molecule has 0 unspecified atom stereocenters. The Morgan fingerprint density at radius 3 is 2.70 bits per heavy atom. The van der Waals surface area contributed by atoms with Crippen LogP contribution in [0.25, 0.3) is 0 Å². The number of carbonyl (C=O) groups excluding carboxylic acids is 1. The Balaban J connectivity index is 1.66. The van der Waals surface area contributed by atoms with Crippen LogP contribution in [-0.4, -0.2) is 25.0 Å². The van der Waals surface area contributed by atoms with Crippen molar-refractivity contribution in [1.82, 2.24) is 10.6 Å². The summed E-state index contributed by atoms with van der Waals surface area (Å²) in [4.78, 5) is 12.0. The van der Waals surface area contributed by atoms with E-state index in [4.69, 9.17) is 4.42 Å². The molecule has 0 saturated heterocycles. The number of furan rings is 1. The molecule has 1 aliphatic rings. The molecule has 0 aliphatic heterocycles. The van der Waals surface area contributed by atoms with Gasteiger partial charge in [0.1, 0.15) is 5.76 Å². The van der Waals surface area contributed by atoms with E-state index in [1.54, 1.807) is 12.3 Å². The van der Waals surface area contributed by atoms with Crippen molar-refractivity contribution in [3.63, 3.8) is 0 Å². The highest BCUT2D eigenvalue weighted by Crippen LogP contribution is 2.16. The molecule has 4 nitrogen and oxygen atoms in total. The van der Waals surface area contributed by atoms with Crippen LogP contribution in [0.3, 0.4) is 0 Å². The molecule has 1 aromatic rings. The van der Waals surface area contributed by atoms with Gasteiger partial charge in [0.2, 0.25) is 0 Å². The van der Waals surface area contributed by atoms with Crippen LogP contribution in [0.4, 0.5) is 0 Å². The average Bonchev–Trinajstić information content (AvgIpc) is 2.80. The molecule has 1 aromatic heterocycles. The summed E-state index contributed by atoms with van der Waals surface area (Å²) in [5.41, 5.74) is 0.668. The van der Waals surface area contributed by atoms with Crippen LogP contribution in [0, 0.1) is 0 Å². The summed E-state index contributed by atoms with van der Waals surface area (Å²) in [7, 11) is 0. The molecular formula is C16H26N2O2. The van der Waals surface area contributed by atoms with E-state index in [2.05, 4.69) is 10.6 Å². The highest BCUT2D eigenvalue weighted by molar-refractivity contribution is 5.95. The smallest absolute Gasteiger partial charge is 0.254 e. The minimum atomic E-state index is -0.0294. The monoisotopic (exact) mass is 278 g/mol. The first-order valence-corrected chi connectivity index (χ1v) is 7.89. The Morgan fingerprint density at radius 2 is 2.00 bits per heavy atom. The molecular weight excluding hydrogens is 252 g/mol. The number of hydrogen-bond donors (Lipinski definition) is 2. The number of aryl methyl sites for hydroxylation is 1. The van der Waals surface area contributed by atoms with Crippen LogP contribution in [0.1, 0.15) is 61.6 Å². The van der Waals surface area contributed by atoms with Crippen molar-refractivity contribution < 1.29 is 9.21 Å². The lowest BCUT2D eigenvalue weighted by atomic mass is 10.1. The van der Waals surface area contributed by atoms with Gasteiger partial charge in [0.05, 0.1) is 11.8 Å². The molecule has 1 fully saturated rings. The fraction of sp³-hybridized carbons (Fsp3) is 0.688. The Hall–Kier alpha value is -1.29. The van der Waals surface area contributed by atoms with Gasteiger partial charge in [0.15, 0.2) is 0 Å². The molecule has 1 saturated carbocycles. The third kappa shape index (κ3) is 4.37. The third-order valence-corrected chi connectivity index (χ3v) is 4.01. The molecule has 0 bridgehead atoms. The number of amides is 1. The topological polar surface area (TPSA) is 54.3 Å². The Morgan fingerprint density at radius 1 is 1.25 bits per heavy atom. The van der Waals surface area contributed by atoms with E-state index in [1.165, 1.54) is 38.5 Å². The van der Waals surface area contributed by atoms with Gasteiger partial charge in [0.25, 0.3) is 5.91 Å². The first kappa shape index (κ1) is 15.1. The maximum atomic E-state index is 12.0. The molecule has 4 heteroatoms. The highest BCUT2D eigenvalue weighted by atomic mass is 16.3. The molecule has 0 radical (unpaired) electrons. The predicted octanol–water partition coefficient (Wildman–Crippen LogP) is 2.88. The zero-order valence-corrected chi connectivity index (χ0v) is 12.4. The molecule has 112 valence electrons. The van der Waals surface area contributed by atoms with Gasteiger partial charge in [-0.05, 0) is 18.9 Å². The van der Waals surface area contributed by atoms with E-state index in [1.807, 2.05) is 6.92 Å². The van der Waals surface area contributed by atoms with E-state index < -0.39 is 0 Å². The van der Waals surface area contributed by atoms with Crippen LogP contribution in [0.2, 0.25) is 0 Å². The summed E-state index contributed by atoms with van der Waals surface area (Å²) in [6.07, 6.45) is 10.3. The van der Waals surface area contributed by atoms with Crippen molar-refractivity contribution in [2.45, 2.75) is 57.9 Å². The first-order valence-electron chi connectivity index (χ1n) is 7.89. The van der Waals surface area contributed by atoms with Crippen molar-refractivity contribution in [2.75, 3.05) is 13.1 Å². The lowest BCUT2D eigenvalue weighted by molar-refractivity contribution is 0.0951. The zero-order chi connectivity index (χ0) is 14.2. The molecule has 0 spiro atoms. The largest absolute Gasteiger partial charge is 0.469 e. The fourth-order valence-corrected chi connectivity index (χ4v) is 2.85. The summed E-state index contributed by atoms with van der Waals surface area (Å²) in [5.74, 6) is 0.734. The van der Waals surface area contributed by atoms with Crippen LogP contribution in [-0.2, 0) is 6.42 Å². The first-order chi connectivity index (χ1) is 9.81. The van der Waals surface area contributed by atoms with Gasteiger partial charge in [-0.2, -0.15) is 0 Å². The second kappa shape index (κ2) is 8.10. The minimum Gasteiger partial charge on any atom is -0.469 e. The zero-order valence-electron chi connectivity index (χ0n) is 12.4. The molecule has 2 rings (SSSR count). The van der Waals surface area contributed by atoms with Gasteiger partial charge in [-0.15, -0.1) is 0 Å². The van der Waals surface area contributed by atoms with Gasteiger partial charge < -0.3 is 15.1 Å². The van der Waals surface area contributed by atoms with E-state index >= 15 is 0 Å². The third-order valence-electron chi connectivity index (χ3n) is 4.01. The SMILES string of the molecule is CCc1occc1C(=O)NCCNC1CCCCCC1. The quantitative estimate of drug-likeness (QED) is 0.621. The molecule has 1 heterocycles. The van der Waals surface area contributed by atoms with Gasteiger partial charge in [-0.3, -0.25) is 4.79 Å². The van der Waals surface area contributed by atoms with Gasteiger partial charge in [-0.1, -0.05) is 32.6 Å². The second-order valence-electron chi connectivity index (χ2n) is 5.51. The number of rotatable bonds is 6. The highest BCUT2D eigenvalue weighted by Gasteiger charge is 2.13. The molecule has 0 atom stereocenters. The lowest BCUT2D eigenvalue weighted by Crippen LogP contribution is -2.37. The summed E-state index contributed by atoms with van der Waals surface area (Å²) < 4.78 is 5.27. The molecule has 0 aromatic carbocycles. The normalized spacial score (nSPS) is 16.9. The molecule has 2 N–H and O–H groups in total. The summed E-state index contributed by atoms with van der Waals surface area (Å²) in [5, 5.41) is 6.51. The predicted molar refractivity (Wildman–Crippen MR) is 79.9 cm³/mol. The van der Waals surface area contributed by atoms with Gasteiger partial charge in [0, 0.05) is 25.6 Å². The van der Waals surface area contributed by atoms with Crippen LogP contribution in [0.5, 0.6) is 0 Å². The van der Waals surface area contributed by atoms with E-state index in [0.29, 0.717) is 18.2 Å².